The van der Waals surface area contributed by atoms with Gasteiger partial charge in [0.2, 0.25) is 0 Å². The largest absolute Gasteiger partial charge is 0.327 e. The number of nitrogens with zero attached hydrogens (tertiary/aromatic N) is 1. The van der Waals surface area contributed by atoms with Crippen LogP contribution in [0.15, 0.2) is 22.7 Å². The third-order valence-corrected chi connectivity index (χ3v) is 3.93. The quantitative estimate of drug-likeness (QED) is 0.671. The number of nitro groups is 1. The van der Waals surface area contributed by atoms with Gasteiger partial charge in [0.05, 0.1) is 4.92 Å². The minimum absolute atomic E-state index is 0.00683. The Morgan fingerprint density at radius 1 is 1.50 bits per heavy atom. The lowest BCUT2D eigenvalue weighted by atomic mass is 10.0. The van der Waals surface area contributed by atoms with E-state index in [4.69, 9.17) is 5.73 Å². The van der Waals surface area contributed by atoms with Crippen molar-refractivity contribution < 1.29 is 4.92 Å². The highest BCUT2D eigenvalue weighted by Gasteiger charge is 2.58. The van der Waals surface area contributed by atoms with Gasteiger partial charge in [-0.3, -0.25) is 10.1 Å². The lowest BCUT2D eigenvalue weighted by molar-refractivity contribution is -0.385. The maximum Gasteiger partial charge on any atom is 0.274 e. The summed E-state index contributed by atoms with van der Waals surface area (Å²) in [6.07, 6.45) is 0. The van der Waals surface area contributed by atoms with E-state index in [0.717, 1.165) is 10.0 Å². The summed E-state index contributed by atoms with van der Waals surface area (Å²) in [4.78, 5) is 10.6. The van der Waals surface area contributed by atoms with Crippen LogP contribution in [0.2, 0.25) is 0 Å². The highest BCUT2D eigenvalue weighted by Crippen LogP contribution is 2.59. The van der Waals surface area contributed by atoms with Crippen LogP contribution in [-0.4, -0.2) is 11.0 Å². The van der Waals surface area contributed by atoms with E-state index in [2.05, 4.69) is 15.9 Å². The zero-order chi connectivity index (χ0) is 12.1. The van der Waals surface area contributed by atoms with Crippen molar-refractivity contribution in [3.63, 3.8) is 0 Å². The van der Waals surface area contributed by atoms with E-state index in [1.165, 1.54) is 6.07 Å². The monoisotopic (exact) mass is 284 g/mol. The van der Waals surface area contributed by atoms with E-state index in [-0.39, 0.29) is 28.0 Å². The van der Waals surface area contributed by atoms with Crippen molar-refractivity contribution in [3.8, 4) is 0 Å². The van der Waals surface area contributed by atoms with E-state index in [9.17, 15) is 10.1 Å². The Morgan fingerprint density at radius 2 is 2.06 bits per heavy atom. The average Bonchev–Trinajstić information content (AvgIpc) is 2.67. The van der Waals surface area contributed by atoms with Crippen LogP contribution in [0.1, 0.15) is 25.3 Å². The maximum absolute atomic E-state index is 11.0. The summed E-state index contributed by atoms with van der Waals surface area (Å²) < 4.78 is 0.718. The van der Waals surface area contributed by atoms with Gasteiger partial charge in [-0.15, -0.1) is 0 Å². The molecule has 16 heavy (non-hydrogen) atoms. The summed E-state index contributed by atoms with van der Waals surface area (Å²) in [6, 6.07) is 5.16. The molecule has 0 heterocycles. The number of nitrogens with two attached hydrogens (primary N) is 1. The van der Waals surface area contributed by atoms with Crippen molar-refractivity contribution in [1.29, 1.82) is 0 Å². The predicted octanol–water partition coefficient (Wildman–Crippen LogP) is 2.81. The fourth-order valence-electron chi connectivity index (χ4n) is 2.21. The molecule has 5 heteroatoms. The van der Waals surface area contributed by atoms with E-state index >= 15 is 0 Å². The first kappa shape index (κ1) is 11.5. The van der Waals surface area contributed by atoms with Crippen LogP contribution in [0.5, 0.6) is 0 Å². The van der Waals surface area contributed by atoms with Gasteiger partial charge in [0.25, 0.3) is 5.69 Å². The molecule has 0 aliphatic heterocycles. The molecule has 2 N–H and O–H groups in total. The van der Waals surface area contributed by atoms with Gasteiger partial charge in [0.1, 0.15) is 0 Å². The van der Waals surface area contributed by atoms with Gasteiger partial charge in [-0.05, 0) is 11.5 Å². The van der Waals surface area contributed by atoms with Crippen molar-refractivity contribution in [1.82, 2.24) is 0 Å². The number of rotatable bonds is 2. The Balaban J connectivity index is 2.47. The van der Waals surface area contributed by atoms with E-state index in [0.29, 0.717) is 0 Å². The van der Waals surface area contributed by atoms with Gasteiger partial charge < -0.3 is 5.73 Å². The summed E-state index contributed by atoms with van der Waals surface area (Å²) in [6.45, 7) is 4.07. The van der Waals surface area contributed by atoms with Gasteiger partial charge in [0, 0.05) is 28.1 Å². The van der Waals surface area contributed by atoms with Gasteiger partial charge in [-0.1, -0.05) is 35.8 Å². The first-order chi connectivity index (χ1) is 7.35. The maximum atomic E-state index is 11.0. The molecule has 1 fully saturated rings. The molecule has 0 bridgehead atoms. The Kier molecular flexibility index (Phi) is 2.55. The van der Waals surface area contributed by atoms with Crippen molar-refractivity contribution in [2.45, 2.75) is 25.8 Å². The molecule has 4 nitrogen and oxygen atoms in total. The van der Waals surface area contributed by atoms with Crippen molar-refractivity contribution in [2.75, 3.05) is 0 Å². The topological polar surface area (TPSA) is 69.2 Å². The molecule has 0 spiro atoms. The average molecular weight is 285 g/mol. The highest BCUT2D eigenvalue weighted by atomic mass is 79.9. The van der Waals surface area contributed by atoms with Crippen molar-refractivity contribution in [3.05, 3.63) is 38.3 Å². The fourth-order valence-corrected chi connectivity index (χ4v) is 2.56. The standard InChI is InChI=1S/C11H13BrN2O2/c1-11(2)9(10(11)13)7-4-3-6(12)5-8(7)14(15)16/h3-5,9-10H,13H2,1-2H3. The molecule has 1 saturated carbocycles. The molecule has 0 amide bonds. The summed E-state index contributed by atoms with van der Waals surface area (Å²) in [5, 5.41) is 11.0. The number of benzene rings is 1. The molecule has 1 aromatic carbocycles. The second-order valence-corrected chi connectivity index (χ2v) is 5.70. The molecule has 1 aliphatic rings. The normalized spacial score (nSPS) is 26.5. The Hall–Kier alpha value is -0.940. The first-order valence-electron chi connectivity index (χ1n) is 5.05. The minimum Gasteiger partial charge on any atom is -0.327 e. The van der Waals surface area contributed by atoms with Gasteiger partial charge in [-0.25, -0.2) is 0 Å². The van der Waals surface area contributed by atoms with E-state index in [1.807, 2.05) is 19.9 Å². The molecule has 0 saturated heterocycles. The summed E-state index contributed by atoms with van der Waals surface area (Å²) >= 11 is 3.24. The van der Waals surface area contributed by atoms with Crippen LogP contribution in [0.4, 0.5) is 5.69 Å². The molecular formula is C11H13BrN2O2. The summed E-state index contributed by atoms with van der Waals surface area (Å²) in [5.41, 5.74) is 6.80. The van der Waals surface area contributed by atoms with Crippen LogP contribution < -0.4 is 5.73 Å². The third kappa shape index (κ3) is 1.64. The number of halogens is 1. The zero-order valence-electron chi connectivity index (χ0n) is 9.11. The minimum atomic E-state index is -0.346. The van der Waals surface area contributed by atoms with Gasteiger partial charge in [-0.2, -0.15) is 0 Å². The second kappa shape index (κ2) is 3.53. The summed E-state index contributed by atoms with van der Waals surface area (Å²) in [5.74, 6) is 0.0843. The van der Waals surface area contributed by atoms with Crippen LogP contribution >= 0.6 is 15.9 Å². The lowest BCUT2D eigenvalue weighted by Crippen LogP contribution is -2.06. The van der Waals surface area contributed by atoms with Crippen molar-refractivity contribution in [2.24, 2.45) is 11.1 Å². The number of hydrogen-bond donors (Lipinski definition) is 1. The van der Waals surface area contributed by atoms with E-state index < -0.39 is 0 Å². The number of hydrogen-bond acceptors (Lipinski definition) is 3. The molecule has 2 atom stereocenters. The third-order valence-electron chi connectivity index (χ3n) is 3.43. The number of nitro benzene ring substituents is 1. The first-order valence-corrected chi connectivity index (χ1v) is 5.84. The van der Waals surface area contributed by atoms with Crippen LogP contribution in [-0.2, 0) is 0 Å². The van der Waals surface area contributed by atoms with Crippen LogP contribution in [0, 0.1) is 15.5 Å². The van der Waals surface area contributed by atoms with Crippen LogP contribution in [0.3, 0.4) is 0 Å². The van der Waals surface area contributed by atoms with Gasteiger partial charge >= 0.3 is 0 Å². The molecule has 86 valence electrons. The molecule has 2 unspecified atom stereocenters. The van der Waals surface area contributed by atoms with E-state index in [1.54, 1.807) is 6.07 Å². The fraction of sp³-hybridized carbons (Fsp3) is 0.455. The Labute approximate surface area is 102 Å². The zero-order valence-corrected chi connectivity index (χ0v) is 10.7. The lowest BCUT2D eigenvalue weighted by Gasteiger charge is -2.04. The second-order valence-electron chi connectivity index (χ2n) is 4.79. The summed E-state index contributed by atoms with van der Waals surface area (Å²) in [7, 11) is 0. The van der Waals surface area contributed by atoms with Crippen molar-refractivity contribution >= 4 is 21.6 Å². The molecule has 1 aromatic rings. The molecule has 2 rings (SSSR count). The SMILES string of the molecule is CC1(C)C(N)C1c1ccc(Br)cc1[N+](=O)[O-]. The molecule has 1 aliphatic carbocycles. The van der Waals surface area contributed by atoms with Gasteiger partial charge in [0.15, 0.2) is 0 Å². The molecule has 0 radical (unpaired) electrons. The Bertz CT molecular complexity index is 459. The predicted molar refractivity (Wildman–Crippen MR) is 65.3 cm³/mol. The van der Waals surface area contributed by atoms with Crippen LogP contribution in [0.25, 0.3) is 0 Å². The smallest absolute Gasteiger partial charge is 0.274 e. The Morgan fingerprint density at radius 3 is 2.50 bits per heavy atom. The molecular weight excluding hydrogens is 272 g/mol. The molecule has 0 aromatic heterocycles. The highest BCUT2D eigenvalue weighted by molar-refractivity contribution is 9.10.